The van der Waals surface area contributed by atoms with Gasteiger partial charge in [0.1, 0.15) is 0 Å². The Labute approximate surface area is 215 Å². The smallest absolute Gasteiger partial charge is 0.310 e. The lowest BCUT2D eigenvalue weighted by atomic mass is 10.0. The van der Waals surface area contributed by atoms with Gasteiger partial charge in [0.2, 0.25) is 0 Å². The van der Waals surface area contributed by atoms with Crippen LogP contribution in [0.15, 0.2) is 77.8 Å². The van der Waals surface area contributed by atoms with E-state index in [1.165, 1.54) is 0 Å². The van der Waals surface area contributed by atoms with Crippen LogP contribution in [0.2, 0.25) is 5.02 Å². The third-order valence-corrected chi connectivity index (χ3v) is 6.63. The lowest BCUT2D eigenvalue weighted by molar-refractivity contribution is -0.142. The highest BCUT2D eigenvalue weighted by Gasteiger charge is 2.25. The molecule has 1 unspecified atom stereocenters. The maximum absolute atomic E-state index is 12.5. The lowest BCUT2D eigenvalue weighted by Gasteiger charge is -2.23. The third-order valence-electron chi connectivity index (χ3n) is 6.27. The summed E-state index contributed by atoms with van der Waals surface area (Å²) in [5.74, 6) is 0.165. The topological polar surface area (TPSA) is 65.7 Å². The van der Waals surface area contributed by atoms with E-state index in [4.69, 9.17) is 31.2 Å². The Morgan fingerprint density at radius 3 is 2.36 bits per heavy atom. The molecule has 0 saturated carbocycles. The molecule has 1 fully saturated rings. The van der Waals surface area contributed by atoms with Gasteiger partial charge in [-0.25, -0.2) is 9.67 Å². The SMILES string of the molecule is CCOC(=O)Cc1c(Cl)ccc2c1c(N=C(c1ccccc1)c1ccccc1)nn2C1CCCCO1. The van der Waals surface area contributed by atoms with Crippen LogP contribution in [0.3, 0.4) is 0 Å². The maximum atomic E-state index is 12.5. The number of aromatic nitrogens is 2. The van der Waals surface area contributed by atoms with Gasteiger partial charge in [0.15, 0.2) is 12.0 Å². The second-order valence-electron chi connectivity index (χ2n) is 8.68. The van der Waals surface area contributed by atoms with Gasteiger partial charge in [-0.2, -0.15) is 0 Å². The van der Waals surface area contributed by atoms with Crippen LogP contribution in [0, 0.1) is 0 Å². The van der Waals surface area contributed by atoms with E-state index in [1.807, 2.05) is 77.5 Å². The summed E-state index contributed by atoms with van der Waals surface area (Å²) in [4.78, 5) is 17.6. The number of rotatable bonds is 7. The molecule has 184 valence electrons. The zero-order valence-corrected chi connectivity index (χ0v) is 20.9. The van der Waals surface area contributed by atoms with Gasteiger partial charge in [0.05, 0.1) is 29.6 Å². The van der Waals surface area contributed by atoms with Crippen LogP contribution in [0.4, 0.5) is 5.82 Å². The first-order chi connectivity index (χ1) is 17.7. The summed E-state index contributed by atoms with van der Waals surface area (Å²) in [5.41, 5.74) is 4.22. The fraction of sp³-hybridized carbons (Fsp3) is 0.276. The van der Waals surface area contributed by atoms with Crippen molar-refractivity contribution in [3.8, 4) is 0 Å². The summed E-state index contributed by atoms with van der Waals surface area (Å²) < 4.78 is 13.2. The van der Waals surface area contributed by atoms with Crippen molar-refractivity contribution >= 4 is 40.0 Å². The first-order valence-corrected chi connectivity index (χ1v) is 12.7. The van der Waals surface area contributed by atoms with Crippen LogP contribution in [0.5, 0.6) is 0 Å². The Kier molecular flexibility index (Phi) is 7.44. The number of fused-ring (bicyclic) bond motifs is 1. The molecule has 5 rings (SSSR count). The molecule has 7 heteroatoms. The molecule has 0 spiro atoms. The molecule has 0 N–H and O–H groups in total. The minimum atomic E-state index is -0.338. The monoisotopic (exact) mass is 501 g/mol. The fourth-order valence-corrected chi connectivity index (χ4v) is 4.82. The molecule has 36 heavy (non-hydrogen) atoms. The fourth-order valence-electron chi connectivity index (χ4n) is 4.59. The Balaban J connectivity index is 1.75. The van der Waals surface area contributed by atoms with E-state index in [1.54, 1.807) is 6.92 Å². The Bertz CT molecular complexity index is 1340. The van der Waals surface area contributed by atoms with Crippen molar-refractivity contribution in [3.05, 3.63) is 94.5 Å². The highest BCUT2D eigenvalue weighted by molar-refractivity contribution is 6.32. The van der Waals surface area contributed by atoms with Crippen LogP contribution in [-0.4, -0.2) is 34.7 Å². The number of carbonyl (C=O) groups excluding carboxylic acids is 1. The summed E-state index contributed by atoms with van der Waals surface area (Å²) in [6.45, 7) is 2.78. The molecule has 0 amide bonds. The van der Waals surface area contributed by atoms with E-state index in [-0.39, 0.29) is 18.6 Å². The molecule has 1 aliphatic heterocycles. The van der Waals surface area contributed by atoms with Crippen molar-refractivity contribution in [3.63, 3.8) is 0 Å². The number of carbonyl (C=O) groups is 1. The number of aliphatic imine (C=N–C) groups is 1. The first-order valence-electron chi connectivity index (χ1n) is 12.3. The predicted molar refractivity (Wildman–Crippen MR) is 142 cm³/mol. The molecule has 1 atom stereocenters. The number of benzene rings is 3. The molecule has 0 bridgehead atoms. The zero-order chi connectivity index (χ0) is 24.9. The molecular formula is C29H28ClN3O3. The average Bonchev–Trinajstić information content (AvgIpc) is 3.29. The van der Waals surface area contributed by atoms with Crippen LogP contribution in [0.1, 0.15) is 49.1 Å². The van der Waals surface area contributed by atoms with E-state index in [0.717, 1.165) is 47.0 Å². The van der Waals surface area contributed by atoms with Crippen molar-refractivity contribution in [2.75, 3.05) is 13.2 Å². The highest BCUT2D eigenvalue weighted by Crippen LogP contribution is 2.37. The molecule has 4 aromatic rings. The second-order valence-corrected chi connectivity index (χ2v) is 9.09. The molecule has 0 aliphatic carbocycles. The van der Waals surface area contributed by atoms with Crippen LogP contribution < -0.4 is 0 Å². The lowest BCUT2D eigenvalue weighted by Crippen LogP contribution is -2.19. The number of ether oxygens (including phenoxy) is 2. The van der Waals surface area contributed by atoms with E-state index in [9.17, 15) is 4.79 Å². The van der Waals surface area contributed by atoms with Crippen LogP contribution in [0.25, 0.3) is 10.9 Å². The van der Waals surface area contributed by atoms with E-state index in [2.05, 4.69) is 0 Å². The minimum absolute atomic E-state index is 0.0375. The zero-order valence-electron chi connectivity index (χ0n) is 20.2. The summed E-state index contributed by atoms with van der Waals surface area (Å²) in [5, 5.41) is 6.18. The molecule has 1 aliphatic rings. The standard InChI is InChI=1S/C29H28ClN3O3/c1-2-35-26(34)19-22-23(30)16-17-24-27(22)29(32-33(24)25-15-9-10-18-36-25)31-28(20-11-5-3-6-12-20)21-13-7-4-8-14-21/h3-8,11-14,16-17,25H,2,9-10,15,18-19H2,1H3. The number of halogens is 1. The third kappa shape index (κ3) is 5.06. The summed E-state index contributed by atoms with van der Waals surface area (Å²) in [7, 11) is 0. The molecular weight excluding hydrogens is 474 g/mol. The number of nitrogens with zero attached hydrogens (tertiary/aromatic N) is 3. The van der Waals surface area contributed by atoms with E-state index in [0.29, 0.717) is 29.6 Å². The summed E-state index contributed by atoms with van der Waals surface area (Å²) >= 11 is 6.66. The van der Waals surface area contributed by atoms with Crippen molar-refractivity contribution in [2.45, 2.75) is 38.8 Å². The predicted octanol–water partition coefficient (Wildman–Crippen LogP) is 6.66. The van der Waals surface area contributed by atoms with Gasteiger partial charge >= 0.3 is 5.97 Å². The molecule has 6 nitrogen and oxygen atoms in total. The highest BCUT2D eigenvalue weighted by atomic mass is 35.5. The largest absolute Gasteiger partial charge is 0.466 e. The van der Waals surface area contributed by atoms with Gasteiger partial charge in [-0.1, -0.05) is 72.3 Å². The van der Waals surface area contributed by atoms with Gasteiger partial charge in [0.25, 0.3) is 0 Å². The Morgan fingerprint density at radius 2 is 1.75 bits per heavy atom. The van der Waals surface area contributed by atoms with Gasteiger partial charge in [-0.05, 0) is 43.9 Å². The molecule has 2 heterocycles. The number of hydrogen-bond donors (Lipinski definition) is 0. The minimum Gasteiger partial charge on any atom is -0.466 e. The van der Waals surface area contributed by atoms with Crippen molar-refractivity contribution in [2.24, 2.45) is 4.99 Å². The molecule has 1 aromatic heterocycles. The van der Waals surface area contributed by atoms with Crippen LogP contribution >= 0.6 is 11.6 Å². The number of esters is 1. The normalized spacial score (nSPS) is 15.6. The molecule has 3 aromatic carbocycles. The van der Waals surface area contributed by atoms with Gasteiger partial charge in [-0.15, -0.1) is 5.10 Å². The van der Waals surface area contributed by atoms with E-state index >= 15 is 0 Å². The number of hydrogen-bond acceptors (Lipinski definition) is 5. The van der Waals surface area contributed by atoms with E-state index < -0.39 is 0 Å². The summed E-state index contributed by atoms with van der Waals surface area (Å²) in [6, 6.07) is 23.8. The molecule has 0 radical (unpaired) electrons. The quantitative estimate of drug-likeness (QED) is 0.210. The van der Waals surface area contributed by atoms with Crippen molar-refractivity contribution in [1.82, 2.24) is 9.78 Å². The average molecular weight is 502 g/mol. The maximum Gasteiger partial charge on any atom is 0.310 e. The Hall–Kier alpha value is -3.48. The van der Waals surface area contributed by atoms with Gasteiger partial charge in [-0.3, -0.25) is 4.79 Å². The molecule has 1 saturated heterocycles. The van der Waals surface area contributed by atoms with Crippen molar-refractivity contribution < 1.29 is 14.3 Å². The summed E-state index contributed by atoms with van der Waals surface area (Å²) in [6.07, 6.45) is 2.80. The first kappa shape index (κ1) is 24.2. The van der Waals surface area contributed by atoms with Crippen molar-refractivity contribution in [1.29, 1.82) is 0 Å². The Morgan fingerprint density at radius 1 is 1.06 bits per heavy atom. The van der Waals surface area contributed by atoms with Gasteiger partial charge in [0, 0.05) is 22.8 Å². The van der Waals surface area contributed by atoms with Gasteiger partial charge < -0.3 is 9.47 Å². The second kappa shape index (κ2) is 11.1. The van der Waals surface area contributed by atoms with Crippen LogP contribution in [-0.2, 0) is 20.7 Å².